The number of hydrogen-bond acceptors (Lipinski definition) is 2. The minimum Gasteiger partial charge on any atom is -0.398 e. The van der Waals surface area contributed by atoms with Crippen molar-refractivity contribution in [3.8, 4) is 0 Å². The number of rotatable bonds is 0. The van der Waals surface area contributed by atoms with E-state index in [1.807, 2.05) is 25.1 Å². The van der Waals surface area contributed by atoms with E-state index in [9.17, 15) is 0 Å². The molecule has 2 aromatic rings. The highest BCUT2D eigenvalue weighted by atomic mass is 35.5. The molecular formula is C10H9ClN2. The van der Waals surface area contributed by atoms with Gasteiger partial charge in [0.15, 0.2) is 0 Å². The standard InChI is InChI=1S/C10H9ClN2/c1-6-2-3-8(12)7-4-5-13-10(11)9(6)7/h2-5H,12H2,1H3. The van der Waals surface area contributed by atoms with Gasteiger partial charge in [0.2, 0.25) is 0 Å². The largest absolute Gasteiger partial charge is 0.398 e. The lowest BCUT2D eigenvalue weighted by Gasteiger charge is -2.05. The van der Waals surface area contributed by atoms with Gasteiger partial charge in [-0.15, -0.1) is 0 Å². The molecule has 0 spiro atoms. The Bertz CT molecular complexity index is 457. The van der Waals surface area contributed by atoms with Crippen LogP contribution in [0.3, 0.4) is 0 Å². The summed E-state index contributed by atoms with van der Waals surface area (Å²) in [5.74, 6) is 0. The number of halogens is 1. The molecule has 0 aliphatic heterocycles. The van der Waals surface area contributed by atoms with Crippen molar-refractivity contribution in [1.82, 2.24) is 4.98 Å². The van der Waals surface area contributed by atoms with E-state index in [4.69, 9.17) is 17.3 Å². The van der Waals surface area contributed by atoms with E-state index in [1.165, 1.54) is 0 Å². The number of nitrogens with zero attached hydrogens (tertiary/aromatic N) is 1. The molecule has 0 atom stereocenters. The first-order valence-electron chi connectivity index (χ1n) is 3.99. The van der Waals surface area contributed by atoms with Gasteiger partial charge in [-0.25, -0.2) is 4.98 Å². The highest BCUT2D eigenvalue weighted by Gasteiger charge is 2.04. The molecule has 66 valence electrons. The molecular weight excluding hydrogens is 184 g/mol. The summed E-state index contributed by atoms with van der Waals surface area (Å²) in [5.41, 5.74) is 7.65. The van der Waals surface area contributed by atoms with Crippen molar-refractivity contribution in [2.24, 2.45) is 0 Å². The molecule has 2 nitrogen and oxygen atoms in total. The van der Waals surface area contributed by atoms with E-state index in [0.29, 0.717) is 5.15 Å². The second-order valence-electron chi connectivity index (χ2n) is 3.00. The van der Waals surface area contributed by atoms with E-state index < -0.39 is 0 Å². The molecule has 0 aliphatic rings. The number of aromatic nitrogens is 1. The van der Waals surface area contributed by atoms with Gasteiger partial charge in [-0.1, -0.05) is 17.7 Å². The third-order valence-electron chi connectivity index (χ3n) is 2.12. The number of benzene rings is 1. The van der Waals surface area contributed by atoms with Crippen LogP contribution in [0.5, 0.6) is 0 Å². The van der Waals surface area contributed by atoms with Crippen LogP contribution in [0.4, 0.5) is 5.69 Å². The van der Waals surface area contributed by atoms with Crippen LogP contribution >= 0.6 is 11.6 Å². The molecule has 1 aromatic heterocycles. The molecule has 1 heterocycles. The lowest BCUT2D eigenvalue weighted by atomic mass is 10.1. The molecule has 0 aliphatic carbocycles. The van der Waals surface area contributed by atoms with Gasteiger partial charge in [0, 0.05) is 22.7 Å². The number of aryl methyl sites for hydroxylation is 1. The quantitative estimate of drug-likeness (QED) is 0.515. The monoisotopic (exact) mass is 192 g/mol. The maximum absolute atomic E-state index is 5.97. The third kappa shape index (κ3) is 1.23. The van der Waals surface area contributed by atoms with E-state index in [0.717, 1.165) is 22.0 Å². The van der Waals surface area contributed by atoms with E-state index in [1.54, 1.807) is 6.20 Å². The summed E-state index contributed by atoms with van der Waals surface area (Å²) < 4.78 is 0. The molecule has 2 N–H and O–H groups in total. The van der Waals surface area contributed by atoms with E-state index >= 15 is 0 Å². The zero-order valence-electron chi connectivity index (χ0n) is 7.21. The predicted molar refractivity (Wildman–Crippen MR) is 55.9 cm³/mol. The first-order valence-corrected chi connectivity index (χ1v) is 4.37. The van der Waals surface area contributed by atoms with E-state index in [2.05, 4.69) is 4.98 Å². The number of anilines is 1. The van der Waals surface area contributed by atoms with Gasteiger partial charge in [-0.3, -0.25) is 0 Å². The topological polar surface area (TPSA) is 38.9 Å². The number of hydrogen-bond donors (Lipinski definition) is 1. The Morgan fingerprint density at radius 2 is 2.08 bits per heavy atom. The molecule has 0 fully saturated rings. The zero-order valence-corrected chi connectivity index (χ0v) is 7.97. The Balaban J connectivity index is 3.00. The van der Waals surface area contributed by atoms with Gasteiger partial charge in [0.25, 0.3) is 0 Å². The summed E-state index contributed by atoms with van der Waals surface area (Å²) in [6.07, 6.45) is 1.67. The van der Waals surface area contributed by atoms with Crippen LogP contribution in [0.15, 0.2) is 24.4 Å². The van der Waals surface area contributed by atoms with Crippen molar-refractivity contribution in [1.29, 1.82) is 0 Å². The van der Waals surface area contributed by atoms with Crippen molar-refractivity contribution < 1.29 is 0 Å². The van der Waals surface area contributed by atoms with E-state index in [-0.39, 0.29) is 0 Å². The molecule has 3 heteroatoms. The summed E-state index contributed by atoms with van der Waals surface area (Å²) in [5, 5.41) is 2.44. The van der Waals surface area contributed by atoms with Crippen LogP contribution in [-0.2, 0) is 0 Å². The first-order chi connectivity index (χ1) is 6.20. The van der Waals surface area contributed by atoms with Crippen LogP contribution in [0.2, 0.25) is 5.15 Å². The Morgan fingerprint density at radius 3 is 2.77 bits per heavy atom. The molecule has 0 unspecified atom stereocenters. The van der Waals surface area contributed by atoms with Gasteiger partial charge >= 0.3 is 0 Å². The fraction of sp³-hybridized carbons (Fsp3) is 0.100. The number of pyridine rings is 1. The average molecular weight is 193 g/mol. The van der Waals surface area contributed by atoms with Crippen LogP contribution in [0, 0.1) is 6.92 Å². The van der Waals surface area contributed by atoms with Crippen LogP contribution in [0.1, 0.15) is 5.56 Å². The van der Waals surface area contributed by atoms with Crippen molar-refractivity contribution in [3.05, 3.63) is 35.1 Å². The summed E-state index contributed by atoms with van der Waals surface area (Å²) in [4.78, 5) is 4.02. The molecule has 0 saturated carbocycles. The molecule has 0 bridgehead atoms. The fourth-order valence-corrected chi connectivity index (χ4v) is 1.75. The molecule has 0 amide bonds. The Labute approximate surface area is 81.3 Å². The number of nitrogen functional groups attached to an aromatic ring is 1. The minimum atomic E-state index is 0.516. The lowest BCUT2D eigenvalue weighted by molar-refractivity contribution is 1.35. The van der Waals surface area contributed by atoms with Gasteiger partial charge in [0.05, 0.1) is 0 Å². The number of nitrogens with two attached hydrogens (primary N) is 1. The summed E-state index contributed by atoms with van der Waals surface area (Å²) in [7, 11) is 0. The maximum Gasteiger partial charge on any atom is 0.137 e. The Kier molecular flexibility index (Phi) is 1.85. The molecule has 1 aromatic carbocycles. The van der Waals surface area contributed by atoms with Gasteiger partial charge < -0.3 is 5.73 Å². The van der Waals surface area contributed by atoms with Crippen LogP contribution in [0.25, 0.3) is 10.8 Å². The molecule has 0 saturated heterocycles. The Hall–Kier alpha value is -1.28. The summed E-state index contributed by atoms with van der Waals surface area (Å²) >= 11 is 5.97. The third-order valence-corrected chi connectivity index (χ3v) is 2.41. The first kappa shape index (κ1) is 8.32. The normalized spacial score (nSPS) is 10.6. The van der Waals surface area contributed by atoms with Crippen molar-refractivity contribution in [3.63, 3.8) is 0 Å². The van der Waals surface area contributed by atoms with Crippen LogP contribution < -0.4 is 5.73 Å². The highest BCUT2D eigenvalue weighted by molar-refractivity contribution is 6.34. The maximum atomic E-state index is 5.97. The van der Waals surface area contributed by atoms with Crippen molar-refractivity contribution in [2.75, 3.05) is 5.73 Å². The number of fused-ring (bicyclic) bond motifs is 1. The zero-order chi connectivity index (χ0) is 9.42. The average Bonchev–Trinajstić information content (AvgIpc) is 2.12. The predicted octanol–water partition coefficient (Wildman–Crippen LogP) is 2.78. The fourth-order valence-electron chi connectivity index (χ4n) is 1.44. The Morgan fingerprint density at radius 1 is 1.31 bits per heavy atom. The lowest BCUT2D eigenvalue weighted by Crippen LogP contribution is -1.90. The van der Waals surface area contributed by atoms with Crippen molar-refractivity contribution in [2.45, 2.75) is 6.92 Å². The van der Waals surface area contributed by atoms with Gasteiger partial charge in [-0.2, -0.15) is 0 Å². The minimum absolute atomic E-state index is 0.516. The molecule has 13 heavy (non-hydrogen) atoms. The summed E-state index contributed by atoms with van der Waals surface area (Å²) in [6.45, 7) is 2.00. The van der Waals surface area contributed by atoms with Crippen molar-refractivity contribution >= 4 is 28.1 Å². The summed E-state index contributed by atoms with van der Waals surface area (Å²) in [6, 6.07) is 5.71. The smallest absolute Gasteiger partial charge is 0.137 e. The second-order valence-corrected chi connectivity index (χ2v) is 3.35. The molecule has 0 radical (unpaired) electrons. The SMILES string of the molecule is Cc1ccc(N)c2ccnc(Cl)c12. The van der Waals surface area contributed by atoms with Crippen LogP contribution in [-0.4, -0.2) is 4.98 Å². The van der Waals surface area contributed by atoms with Gasteiger partial charge in [0.1, 0.15) is 5.15 Å². The highest BCUT2D eigenvalue weighted by Crippen LogP contribution is 2.28. The van der Waals surface area contributed by atoms with Gasteiger partial charge in [-0.05, 0) is 24.6 Å². The molecule has 2 rings (SSSR count). The second kappa shape index (κ2) is 2.89.